The van der Waals surface area contributed by atoms with Crippen molar-refractivity contribution < 1.29 is 5.11 Å². The third kappa shape index (κ3) is 13.7. The molecule has 0 aromatic rings. The minimum Gasteiger partial charge on any atom is -0.396 e. The van der Waals surface area contributed by atoms with E-state index in [0.29, 0.717) is 6.61 Å². The predicted octanol–water partition coefficient (Wildman–Crippen LogP) is 4.46. The number of aliphatic hydroxyl groups is 1. The van der Waals surface area contributed by atoms with Crippen LogP contribution in [0.1, 0.15) is 71.1 Å². The Hall–Kier alpha value is -0.300. The summed E-state index contributed by atoms with van der Waals surface area (Å²) in [6.45, 7) is 2.60. The highest BCUT2D eigenvalue weighted by atomic mass is 16.2. The van der Waals surface area contributed by atoms with Gasteiger partial charge in [0.15, 0.2) is 0 Å². The third-order valence-electron chi connectivity index (χ3n) is 2.67. The van der Waals surface area contributed by atoms with Gasteiger partial charge in [0.25, 0.3) is 0 Å². The Kier molecular flexibility index (Phi) is 13.4. The normalized spacial score (nSPS) is 11.3. The summed E-state index contributed by atoms with van der Waals surface area (Å²) < 4.78 is 0. The molecule has 0 saturated carbocycles. The largest absolute Gasteiger partial charge is 0.396 e. The second kappa shape index (κ2) is 13.7. The molecule has 0 aliphatic carbocycles. The van der Waals surface area contributed by atoms with E-state index < -0.39 is 0 Å². The predicted molar refractivity (Wildman–Crippen MR) is 68.1 cm³/mol. The van der Waals surface area contributed by atoms with Gasteiger partial charge in [-0.05, 0) is 32.1 Å². The summed E-state index contributed by atoms with van der Waals surface area (Å²) >= 11 is 0. The van der Waals surface area contributed by atoms with Crippen molar-refractivity contribution in [1.29, 1.82) is 0 Å². The molecule has 0 aromatic carbocycles. The molecule has 0 bridgehead atoms. The molecule has 0 spiro atoms. The maximum Gasteiger partial charge on any atom is 0.0431 e. The highest BCUT2D eigenvalue weighted by molar-refractivity contribution is 4.81. The number of aliphatic hydroxyl groups excluding tert-OH is 1. The second-order valence-electron chi connectivity index (χ2n) is 4.25. The first-order chi connectivity index (χ1) is 7.41. The van der Waals surface area contributed by atoms with E-state index in [0.717, 1.165) is 12.8 Å². The fourth-order valence-electron chi connectivity index (χ4n) is 1.65. The molecule has 1 N–H and O–H groups in total. The highest BCUT2D eigenvalue weighted by Crippen LogP contribution is 2.06. The fourth-order valence-corrected chi connectivity index (χ4v) is 1.65. The molecule has 0 aliphatic heterocycles. The van der Waals surface area contributed by atoms with Gasteiger partial charge in [-0.25, -0.2) is 0 Å². The van der Waals surface area contributed by atoms with Gasteiger partial charge in [0.1, 0.15) is 0 Å². The van der Waals surface area contributed by atoms with Crippen LogP contribution in [0, 0.1) is 0 Å². The first-order valence-corrected chi connectivity index (χ1v) is 6.67. The van der Waals surface area contributed by atoms with Gasteiger partial charge < -0.3 is 5.11 Å². The first kappa shape index (κ1) is 14.7. The lowest BCUT2D eigenvalue weighted by atomic mass is 10.1. The van der Waals surface area contributed by atoms with Crippen molar-refractivity contribution in [2.75, 3.05) is 6.61 Å². The molecule has 0 heterocycles. The fraction of sp³-hybridized carbons (Fsp3) is 0.857. The van der Waals surface area contributed by atoms with Crippen LogP contribution in [0.25, 0.3) is 0 Å². The Bertz CT molecular complexity index is 129. The summed E-state index contributed by atoms with van der Waals surface area (Å²) in [5.74, 6) is 0. The van der Waals surface area contributed by atoms with E-state index in [-0.39, 0.29) is 0 Å². The van der Waals surface area contributed by atoms with Gasteiger partial charge in [0, 0.05) is 6.61 Å². The number of hydrogen-bond acceptors (Lipinski definition) is 1. The van der Waals surface area contributed by atoms with Crippen molar-refractivity contribution in [2.24, 2.45) is 0 Å². The van der Waals surface area contributed by atoms with Crippen molar-refractivity contribution in [3.8, 4) is 0 Å². The second-order valence-corrected chi connectivity index (χ2v) is 4.25. The maximum atomic E-state index is 8.59. The topological polar surface area (TPSA) is 20.2 Å². The summed E-state index contributed by atoms with van der Waals surface area (Å²) in [5.41, 5.74) is 0. The van der Waals surface area contributed by atoms with Crippen LogP contribution in [-0.2, 0) is 0 Å². The third-order valence-corrected chi connectivity index (χ3v) is 2.67. The van der Waals surface area contributed by atoms with Gasteiger partial charge in [-0.2, -0.15) is 0 Å². The average molecular weight is 212 g/mol. The molecular formula is C14H28O. The Labute approximate surface area is 95.6 Å². The van der Waals surface area contributed by atoms with Crippen LogP contribution in [0.15, 0.2) is 12.2 Å². The van der Waals surface area contributed by atoms with E-state index in [1.165, 1.54) is 51.4 Å². The SMILES string of the molecule is CCCCCCC/C=C/CCCCCO. The molecule has 0 unspecified atom stereocenters. The molecular weight excluding hydrogens is 184 g/mol. The van der Waals surface area contributed by atoms with Crippen molar-refractivity contribution in [2.45, 2.75) is 71.1 Å². The maximum absolute atomic E-state index is 8.59. The van der Waals surface area contributed by atoms with Crippen LogP contribution < -0.4 is 0 Å². The molecule has 0 fully saturated rings. The van der Waals surface area contributed by atoms with Crippen LogP contribution >= 0.6 is 0 Å². The molecule has 0 aliphatic rings. The lowest BCUT2D eigenvalue weighted by Gasteiger charge is -1.96. The van der Waals surface area contributed by atoms with Crippen molar-refractivity contribution in [3.05, 3.63) is 12.2 Å². The number of hydrogen-bond donors (Lipinski definition) is 1. The number of rotatable bonds is 11. The van der Waals surface area contributed by atoms with Crippen molar-refractivity contribution in [1.82, 2.24) is 0 Å². The van der Waals surface area contributed by atoms with Crippen LogP contribution in [0.2, 0.25) is 0 Å². The van der Waals surface area contributed by atoms with Crippen LogP contribution in [0.5, 0.6) is 0 Å². The molecule has 0 atom stereocenters. The summed E-state index contributed by atoms with van der Waals surface area (Å²) in [6.07, 6.45) is 17.3. The zero-order valence-electron chi connectivity index (χ0n) is 10.4. The molecule has 1 heteroatoms. The number of allylic oxidation sites excluding steroid dienone is 2. The summed E-state index contributed by atoms with van der Waals surface area (Å²) in [7, 11) is 0. The zero-order chi connectivity index (χ0) is 11.2. The lowest BCUT2D eigenvalue weighted by Crippen LogP contribution is -1.81. The van der Waals surface area contributed by atoms with Crippen LogP contribution in [0.3, 0.4) is 0 Å². The van der Waals surface area contributed by atoms with E-state index in [4.69, 9.17) is 5.11 Å². The molecule has 0 rings (SSSR count). The summed E-state index contributed by atoms with van der Waals surface area (Å²) in [5, 5.41) is 8.59. The van der Waals surface area contributed by atoms with Gasteiger partial charge in [-0.15, -0.1) is 0 Å². The monoisotopic (exact) mass is 212 g/mol. The molecule has 0 aromatic heterocycles. The van der Waals surface area contributed by atoms with E-state index in [9.17, 15) is 0 Å². The minimum absolute atomic E-state index is 0.348. The smallest absolute Gasteiger partial charge is 0.0431 e. The average Bonchev–Trinajstić information content (AvgIpc) is 2.26. The van der Waals surface area contributed by atoms with E-state index >= 15 is 0 Å². The van der Waals surface area contributed by atoms with Crippen molar-refractivity contribution in [3.63, 3.8) is 0 Å². The van der Waals surface area contributed by atoms with Gasteiger partial charge >= 0.3 is 0 Å². The lowest BCUT2D eigenvalue weighted by molar-refractivity contribution is 0.283. The summed E-state index contributed by atoms with van der Waals surface area (Å²) in [6, 6.07) is 0. The first-order valence-electron chi connectivity index (χ1n) is 6.67. The molecule has 1 nitrogen and oxygen atoms in total. The Balaban J connectivity index is 2.97. The molecule has 0 amide bonds. The van der Waals surface area contributed by atoms with Gasteiger partial charge in [0.05, 0.1) is 0 Å². The zero-order valence-corrected chi connectivity index (χ0v) is 10.4. The van der Waals surface area contributed by atoms with E-state index in [1.54, 1.807) is 0 Å². The Morgan fingerprint density at radius 2 is 1.27 bits per heavy atom. The van der Waals surface area contributed by atoms with Gasteiger partial charge in [-0.1, -0.05) is 51.2 Å². The molecule has 0 radical (unpaired) electrons. The Morgan fingerprint density at radius 1 is 0.733 bits per heavy atom. The molecule has 15 heavy (non-hydrogen) atoms. The molecule has 90 valence electrons. The van der Waals surface area contributed by atoms with E-state index in [1.807, 2.05) is 0 Å². The van der Waals surface area contributed by atoms with Crippen LogP contribution in [-0.4, -0.2) is 11.7 Å². The quantitative estimate of drug-likeness (QED) is 0.396. The molecule has 0 saturated heterocycles. The van der Waals surface area contributed by atoms with Gasteiger partial charge in [0.2, 0.25) is 0 Å². The van der Waals surface area contributed by atoms with Gasteiger partial charge in [-0.3, -0.25) is 0 Å². The number of unbranched alkanes of at least 4 members (excludes halogenated alkanes) is 8. The Morgan fingerprint density at radius 3 is 1.80 bits per heavy atom. The van der Waals surface area contributed by atoms with Crippen molar-refractivity contribution >= 4 is 0 Å². The van der Waals surface area contributed by atoms with Crippen LogP contribution in [0.4, 0.5) is 0 Å². The standard InChI is InChI=1S/C14H28O/c1-2-3-4-5-6-7-8-9-10-11-12-13-14-15/h8-9,15H,2-7,10-14H2,1H3/b9-8+. The highest BCUT2D eigenvalue weighted by Gasteiger charge is 1.87. The minimum atomic E-state index is 0.348. The van der Waals surface area contributed by atoms with E-state index in [2.05, 4.69) is 19.1 Å². The summed E-state index contributed by atoms with van der Waals surface area (Å²) in [4.78, 5) is 0.